The van der Waals surface area contributed by atoms with Gasteiger partial charge in [0.1, 0.15) is 0 Å². The summed E-state index contributed by atoms with van der Waals surface area (Å²) < 4.78 is 27.1. The Hall–Kier alpha value is -0.590. The molecule has 0 aliphatic carbocycles. The summed E-state index contributed by atoms with van der Waals surface area (Å²) in [6.07, 6.45) is 3.03. The molecule has 0 radical (unpaired) electrons. The third-order valence-corrected chi connectivity index (χ3v) is 4.77. The molecule has 0 fully saturated rings. The van der Waals surface area contributed by atoms with E-state index >= 15 is 0 Å². The van der Waals surface area contributed by atoms with Crippen LogP contribution >= 0.6 is 11.6 Å². The predicted octanol–water partition coefficient (Wildman–Crippen LogP) is 1.15. The first-order chi connectivity index (χ1) is 7.43. The van der Waals surface area contributed by atoms with Gasteiger partial charge in [0.05, 0.1) is 6.33 Å². The lowest BCUT2D eigenvalue weighted by atomic mass is 10.4. The summed E-state index contributed by atoms with van der Waals surface area (Å²) in [7, 11) is -2.02. The molecule has 0 aliphatic heterocycles. The van der Waals surface area contributed by atoms with Crippen LogP contribution in [0.25, 0.3) is 0 Å². The van der Waals surface area contributed by atoms with Crippen LogP contribution in [0.1, 0.15) is 13.8 Å². The van der Waals surface area contributed by atoms with Crippen LogP contribution in [0.2, 0.25) is 0 Å². The summed E-state index contributed by atoms with van der Waals surface area (Å²) in [5, 5.41) is 0.0637. The molecule has 0 saturated carbocycles. The van der Waals surface area contributed by atoms with Crippen LogP contribution in [-0.4, -0.2) is 41.2 Å². The van der Waals surface area contributed by atoms with Crippen LogP contribution in [0.3, 0.4) is 0 Å². The summed E-state index contributed by atoms with van der Waals surface area (Å²) in [5.74, 6) is 0.254. The highest BCUT2D eigenvalue weighted by Gasteiger charge is 2.26. The maximum Gasteiger partial charge on any atom is 0.262 e. The minimum absolute atomic E-state index is 0.0637. The monoisotopic (exact) mass is 265 g/mol. The Morgan fingerprint density at radius 1 is 1.62 bits per heavy atom. The number of sulfonamides is 1. The number of aromatic nitrogens is 2. The molecule has 1 heterocycles. The van der Waals surface area contributed by atoms with Gasteiger partial charge in [-0.1, -0.05) is 0 Å². The van der Waals surface area contributed by atoms with Gasteiger partial charge in [-0.15, -0.1) is 11.6 Å². The highest BCUT2D eigenvalue weighted by molar-refractivity contribution is 7.89. The Morgan fingerprint density at radius 2 is 2.25 bits per heavy atom. The van der Waals surface area contributed by atoms with Crippen molar-refractivity contribution in [2.24, 2.45) is 0 Å². The van der Waals surface area contributed by atoms with Crippen molar-refractivity contribution < 1.29 is 8.42 Å². The molecule has 1 atom stereocenters. The van der Waals surface area contributed by atoms with E-state index in [9.17, 15) is 8.42 Å². The molecule has 0 amide bonds. The van der Waals surface area contributed by atoms with Crippen LogP contribution in [-0.2, 0) is 16.6 Å². The largest absolute Gasteiger partial charge is 0.336 e. The number of imidazole rings is 1. The highest BCUT2D eigenvalue weighted by Crippen LogP contribution is 2.14. The summed E-state index contributed by atoms with van der Waals surface area (Å²) >= 11 is 5.64. The van der Waals surface area contributed by atoms with E-state index in [1.54, 1.807) is 11.5 Å². The number of rotatable bonds is 5. The molecule has 1 rings (SSSR count). The molecule has 92 valence electrons. The summed E-state index contributed by atoms with van der Waals surface area (Å²) in [6, 6.07) is -0.251. The predicted molar refractivity (Wildman–Crippen MR) is 63.0 cm³/mol. The van der Waals surface area contributed by atoms with E-state index in [-0.39, 0.29) is 16.9 Å². The van der Waals surface area contributed by atoms with Crippen LogP contribution in [0.15, 0.2) is 17.6 Å². The topological polar surface area (TPSA) is 55.2 Å². The normalized spacial score (nSPS) is 14.3. The van der Waals surface area contributed by atoms with Gasteiger partial charge in [-0.3, -0.25) is 0 Å². The van der Waals surface area contributed by atoms with E-state index in [1.807, 2.05) is 6.92 Å². The second-order valence-corrected chi connectivity index (χ2v) is 5.82. The Balaban J connectivity index is 3.01. The Labute approximate surface area is 101 Å². The smallest absolute Gasteiger partial charge is 0.262 e. The van der Waals surface area contributed by atoms with Crippen molar-refractivity contribution in [3.05, 3.63) is 12.5 Å². The number of hydrogen-bond donors (Lipinski definition) is 0. The molecule has 0 aromatic carbocycles. The van der Waals surface area contributed by atoms with Gasteiger partial charge < -0.3 is 4.57 Å². The summed E-state index contributed by atoms with van der Waals surface area (Å²) in [5.41, 5.74) is 0. The zero-order valence-electron chi connectivity index (χ0n) is 9.59. The van der Waals surface area contributed by atoms with Gasteiger partial charge in [0, 0.05) is 31.7 Å². The molecule has 1 aromatic heterocycles. The maximum atomic E-state index is 12.1. The fraction of sp³-hybridized carbons (Fsp3) is 0.667. The van der Waals surface area contributed by atoms with E-state index in [1.165, 1.54) is 23.9 Å². The molecule has 7 heteroatoms. The second kappa shape index (κ2) is 5.16. The van der Waals surface area contributed by atoms with Crippen LogP contribution in [0.4, 0.5) is 0 Å². The van der Waals surface area contributed by atoms with Crippen molar-refractivity contribution in [2.75, 3.05) is 12.9 Å². The Kier molecular flexibility index (Phi) is 4.35. The molecule has 0 N–H and O–H groups in total. The first-order valence-corrected chi connectivity index (χ1v) is 6.96. The molecule has 16 heavy (non-hydrogen) atoms. The van der Waals surface area contributed by atoms with E-state index in [0.29, 0.717) is 6.54 Å². The van der Waals surface area contributed by atoms with Gasteiger partial charge in [0.2, 0.25) is 0 Å². The zero-order chi connectivity index (χ0) is 12.3. The number of aryl methyl sites for hydroxylation is 1. The van der Waals surface area contributed by atoms with E-state index < -0.39 is 10.0 Å². The molecular weight excluding hydrogens is 250 g/mol. The lowest BCUT2D eigenvalue weighted by Gasteiger charge is -2.20. The third kappa shape index (κ3) is 2.56. The van der Waals surface area contributed by atoms with E-state index in [4.69, 9.17) is 11.6 Å². The SMILES string of the molecule is CCn1cnc(S(=O)(=O)N(C)C(C)CCl)c1. The first kappa shape index (κ1) is 13.5. The van der Waals surface area contributed by atoms with Gasteiger partial charge in [-0.2, -0.15) is 4.31 Å². The zero-order valence-corrected chi connectivity index (χ0v) is 11.2. The fourth-order valence-corrected chi connectivity index (χ4v) is 2.71. The van der Waals surface area contributed by atoms with Crippen molar-refractivity contribution in [2.45, 2.75) is 31.5 Å². The van der Waals surface area contributed by atoms with Gasteiger partial charge in [-0.05, 0) is 13.8 Å². The summed E-state index contributed by atoms with van der Waals surface area (Å²) in [4.78, 5) is 3.89. The number of alkyl halides is 1. The van der Waals surface area contributed by atoms with Gasteiger partial charge in [-0.25, -0.2) is 13.4 Å². The average Bonchev–Trinajstić information content (AvgIpc) is 2.75. The van der Waals surface area contributed by atoms with Crippen LogP contribution < -0.4 is 0 Å². The lowest BCUT2D eigenvalue weighted by molar-refractivity contribution is 0.412. The average molecular weight is 266 g/mol. The third-order valence-electron chi connectivity index (χ3n) is 2.46. The van der Waals surface area contributed by atoms with Crippen molar-refractivity contribution in [3.63, 3.8) is 0 Å². The maximum absolute atomic E-state index is 12.1. The number of hydrogen-bond acceptors (Lipinski definition) is 3. The van der Waals surface area contributed by atoms with Crippen molar-refractivity contribution in [1.82, 2.24) is 13.9 Å². The summed E-state index contributed by atoms with van der Waals surface area (Å²) in [6.45, 7) is 4.36. The fourth-order valence-electron chi connectivity index (χ4n) is 1.13. The second-order valence-electron chi connectivity index (χ2n) is 3.57. The van der Waals surface area contributed by atoms with Gasteiger partial charge >= 0.3 is 0 Å². The number of nitrogens with zero attached hydrogens (tertiary/aromatic N) is 3. The quantitative estimate of drug-likeness (QED) is 0.751. The van der Waals surface area contributed by atoms with Gasteiger partial charge in [0.25, 0.3) is 10.0 Å². The molecule has 1 aromatic rings. The van der Waals surface area contributed by atoms with E-state index in [2.05, 4.69) is 4.98 Å². The van der Waals surface area contributed by atoms with Crippen molar-refractivity contribution >= 4 is 21.6 Å². The van der Waals surface area contributed by atoms with Gasteiger partial charge in [0.15, 0.2) is 5.03 Å². The lowest BCUT2D eigenvalue weighted by Crippen LogP contribution is -2.36. The molecule has 0 saturated heterocycles. The first-order valence-electron chi connectivity index (χ1n) is 4.99. The number of halogens is 1. The van der Waals surface area contributed by atoms with Crippen LogP contribution in [0, 0.1) is 0 Å². The Bertz CT molecular complexity index is 443. The van der Waals surface area contributed by atoms with Crippen LogP contribution in [0.5, 0.6) is 0 Å². The molecule has 1 unspecified atom stereocenters. The minimum Gasteiger partial charge on any atom is -0.336 e. The Morgan fingerprint density at radius 3 is 2.69 bits per heavy atom. The van der Waals surface area contributed by atoms with Crippen molar-refractivity contribution in [3.8, 4) is 0 Å². The van der Waals surface area contributed by atoms with Crippen molar-refractivity contribution in [1.29, 1.82) is 0 Å². The molecular formula is C9H16ClN3O2S. The standard InChI is InChI=1S/C9H16ClN3O2S/c1-4-13-6-9(11-7-13)16(14,15)12(3)8(2)5-10/h6-8H,4-5H2,1-3H3. The molecule has 5 nitrogen and oxygen atoms in total. The van der Waals surface area contributed by atoms with E-state index in [0.717, 1.165) is 0 Å². The molecule has 0 aliphatic rings. The molecule has 0 bridgehead atoms. The molecule has 0 spiro atoms. The highest BCUT2D eigenvalue weighted by atomic mass is 35.5. The minimum atomic E-state index is -3.52.